The zero-order valence-corrected chi connectivity index (χ0v) is 14.6. The minimum atomic E-state index is -0.239. The van der Waals surface area contributed by atoms with Crippen LogP contribution in [0.25, 0.3) is 0 Å². The van der Waals surface area contributed by atoms with E-state index >= 15 is 0 Å². The van der Waals surface area contributed by atoms with Gasteiger partial charge in [-0.3, -0.25) is 9.69 Å². The largest absolute Gasteiger partial charge is 0.504 e. The fraction of sp³-hybridized carbons (Fsp3) is 0.350. The number of phenolic OH excluding ortho intramolecular Hbond substituents is 1. The van der Waals surface area contributed by atoms with Crippen LogP contribution in [0.2, 0.25) is 0 Å². The van der Waals surface area contributed by atoms with Crippen molar-refractivity contribution >= 4 is 5.91 Å². The highest BCUT2D eigenvalue weighted by Gasteiger charge is 2.21. The SMILES string of the molecule is O=C(COc1ccccc1O)NCC1CN(Cc2ccccc2)CCO1. The Morgan fingerprint density at radius 3 is 2.77 bits per heavy atom. The molecule has 1 unspecified atom stereocenters. The van der Waals surface area contributed by atoms with Crippen LogP contribution in [-0.2, 0) is 16.1 Å². The van der Waals surface area contributed by atoms with Gasteiger partial charge in [0.1, 0.15) is 0 Å². The lowest BCUT2D eigenvalue weighted by Crippen LogP contribution is -2.47. The lowest BCUT2D eigenvalue weighted by atomic mass is 10.2. The van der Waals surface area contributed by atoms with Gasteiger partial charge in [0.25, 0.3) is 5.91 Å². The highest BCUT2D eigenvalue weighted by Crippen LogP contribution is 2.23. The van der Waals surface area contributed by atoms with Gasteiger partial charge in [-0.25, -0.2) is 0 Å². The first-order valence-corrected chi connectivity index (χ1v) is 8.76. The molecule has 2 N–H and O–H groups in total. The second kappa shape index (κ2) is 9.22. The van der Waals surface area contributed by atoms with E-state index in [2.05, 4.69) is 22.3 Å². The van der Waals surface area contributed by atoms with E-state index in [9.17, 15) is 9.90 Å². The number of amides is 1. The molecule has 1 atom stereocenters. The molecule has 6 heteroatoms. The Kier molecular flexibility index (Phi) is 6.46. The van der Waals surface area contributed by atoms with Gasteiger partial charge in [-0.1, -0.05) is 42.5 Å². The van der Waals surface area contributed by atoms with Crippen LogP contribution < -0.4 is 10.1 Å². The molecule has 6 nitrogen and oxygen atoms in total. The third kappa shape index (κ3) is 5.47. The lowest BCUT2D eigenvalue weighted by molar-refractivity contribution is -0.124. The number of nitrogens with one attached hydrogen (secondary N) is 1. The highest BCUT2D eigenvalue weighted by molar-refractivity contribution is 5.77. The minimum absolute atomic E-state index is 0.0208. The number of hydrogen-bond acceptors (Lipinski definition) is 5. The van der Waals surface area contributed by atoms with Crippen LogP contribution in [0.4, 0.5) is 0 Å². The number of rotatable bonds is 7. The zero-order chi connectivity index (χ0) is 18.2. The minimum Gasteiger partial charge on any atom is -0.504 e. The number of nitrogens with zero attached hydrogens (tertiary/aromatic N) is 1. The van der Waals surface area contributed by atoms with Crippen molar-refractivity contribution < 1.29 is 19.4 Å². The molecule has 2 aromatic rings. The summed E-state index contributed by atoms with van der Waals surface area (Å²) < 4.78 is 11.1. The predicted molar refractivity (Wildman–Crippen MR) is 98.1 cm³/mol. The molecule has 138 valence electrons. The van der Waals surface area contributed by atoms with E-state index in [4.69, 9.17) is 9.47 Å². The fourth-order valence-electron chi connectivity index (χ4n) is 2.89. The third-order valence-electron chi connectivity index (χ3n) is 4.22. The number of para-hydroxylation sites is 2. The maximum absolute atomic E-state index is 12.0. The molecular weight excluding hydrogens is 332 g/mol. The molecule has 1 heterocycles. The summed E-state index contributed by atoms with van der Waals surface area (Å²) in [5.41, 5.74) is 1.27. The van der Waals surface area contributed by atoms with Crippen LogP contribution >= 0.6 is 0 Å². The van der Waals surface area contributed by atoms with Gasteiger partial charge in [-0.2, -0.15) is 0 Å². The van der Waals surface area contributed by atoms with E-state index in [1.165, 1.54) is 11.6 Å². The smallest absolute Gasteiger partial charge is 0.258 e. The van der Waals surface area contributed by atoms with Crippen molar-refractivity contribution in [2.24, 2.45) is 0 Å². The van der Waals surface area contributed by atoms with Crippen LogP contribution in [-0.4, -0.2) is 54.9 Å². The molecule has 0 saturated carbocycles. The first kappa shape index (κ1) is 18.2. The van der Waals surface area contributed by atoms with Gasteiger partial charge in [0.05, 0.1) is 12.7 Å². The van der Waals surface area contributed by atoms with Crippen molar-refractivity contribution in [2.45, 2.75) is 12.6 Å². The first-order chi connectivity index (χ1) is 12.7. The van der Waals surface area contributed by atoms with Crippen molar-refractivity contribution in [1.82, 2.24) is 10.2 Å². The van der Waals surface area contributed by atoms with Gasteiger partial charge in [0.2, 0.25) is 0 Å². The first-order valence-electron chi connectivity index (χ1n) is 8.76. The van der Waals surface area contributed by atoms with Crippen molar-refractivity contribution in [2.75, 3.05) is 32.8 Å². The number of carbonyl (C=O) groups excluding carboxylic acids is 1. The monoisotopic (exact) mass is 356 g/mol. The van der Waals surface area contributed by atoms with Crippen molar-refractivity contribution in [3.05, 3.63) is 60.2 Å². The van der Waals surface area contributed by atoms with Gasteiger partial charge >= 0.3 is 0 Å². The van der Waals surface area contributed by atoms with Crippen LogP contribution in [0, 0.1) is 0 Å². The summed E-state index contributed by atoms with van der Waals surface area (Å²) >= 11 is 0. The van der Waals surface area contributed by atoms with Crippen molar-refractivity contribution in [1.29, 1.82) is 0 Å². The Balaban J connectivity index is 1.39. The molecule has 1 amide bonds. The van der Waals surface area contributed by atoms with Crippen LogP contribution in [0.1, 0.15) is 5.56 Å². The van der Waals surface area contributed by atoms with Crippen molar-refractivity contribution in [3.8, 4) is 11.5 Å². The molecule has 1 aliphatic heterocycles. The molecule has 0 bridgehead atoms. The molecular formula is C20H24N2O4. The lowest BCUT2D eigenvalue weighted by Gasteiger charge is -2.33. The predicted octanol–water partition coefficient (Wildman–Crippen LogP) is 1.79. The Labute approximate surface area is 153 Å². The quantitative estimate of drug-likeness (QED) is 0.791. The van der Waals surface area contributed by atoms with Crippen molar-refractivity contribution in [3.63, 3.8) is 0 Å². The van der Waals surface area contributed by atoms with Crippen LogP contribution in [0.3, 0.4) is 0 Å². The van der Waals surface area contributed by atoms with Crippen LogP contribution in [0.15, 0.2) is 54.6 Å². The Morgan fingerprint density at radius 1 is 1.19 bits per heavy atom. The number of morpholine rings is 1. The van der Waals surface area contributed by atoms with E-state index in [-0.39, 0.29) is 24.4 Å². The zero-order valence-electron chi connectivity index (χ0n) is 14.6. The number of hydrogen-bond donors (Lipinski definition) is 2. The number of ether oxygens (including phenoxy) is 2. The summed E-state index contributed by atoms with van der Waals surface area (Å²) in [5.74, 6) is 0.0788. The average molecular weight is 356 g/mol. The summed E-state index contributed by atoms with van der Waals surface area (Å²) in [7, 11) is 0. The Hall–Kier alpha value is -2.57. The molecule has 3 rings (SSSR count). The summed E-state index contributed by atoms with van der Waals surface area (Å²) in [4.78, 5) is 14.3. The van der Waals surface area contributed by atoms with Gasteiger partial charge < -0.3 is 19.9 Å². The maximum atomic E-state index is 12.0. The third-order valence-corrected chi connectivity index (χ3v) is 4.22. The standard InChI is InChI=1S/C20H24N2O4/c23-18-8-4-5-9-19(18)26-15-20(24)21-12-17-14-22(10-11-25-17)13-16-6-2-1-3-7-16/h1-9,17,23H,10-15H2,(H,21,24). The van der Waals surface area contributed by atoms with E-state index in [0.29, 0.717) is 18.9 Å². The van der Waals surface area contributed by atoms with E-state index in [0.717, 1.165) is 19.6 Å². The normalized spacial score (nSPS) is 17.6. The number of phenols is 1. The topological polar surface area (TPSA) is 71.0 Å². The molecule has 0 aliphatic carbocycles. The van der Waals surface area contributed by atoms with E-state index < -0.39 is 0 Å². The van der Waals surface area contributed by atoms with Gasteiger partial charge in [-0.05, 0) is 17.7 Å². The molecule has 0 aromatic heterocycles. The molecule has 1 fully saturated rings. The second-order valence-electron chi connectivity index (χ2n) is 6.27. The number of aromatic hydroxyl groups is 1. The molecule has 0 radical (unpaired) electrons. The van der Waals surface area contributed by atoms with E-state index in [1.807, 2.05) is 18.2 Å². The molecule has 2 aromatic carbocycles. The van der Waals surface area contributed by atoms with Gasteiger partial charge in [-0.15, -0.1) is 0 Å². The second-order valence-corrected chi connectivity index (χ2v) is 6.27. The maximum Gasteiger partial charge on any atom is 0.258 e. The summed E-state index contributed by atoms with van der Waals surface area (Å²) in [6.45, 7) is 3.49. The molecule has 1 aliphatic rings. The average Bonchev–Trinajstić information content (AvgIpc) is 2.67. The van der Waals surface area contributed by atoms with E-state index in [1.54, 1.807) is 18.2 Å². The summed E-state index contributed by atoms with van der Waals surface area (Å²) in [6, 6.07) is 16.9. The molecule has 0 spiro atoms. The highest BCUT2D eigenvalue weighted by atomic mass is 16.5. The fourth-order valence-corrected chi connectivity index (χ4v) is 2.89. The molecule has 26 heavy (non-hydrogen) atoms. The van der Waals surface area contributed by atoms with Crippen LogP contribution in [0.5, 0.6) is 11.5 Å². The Bertz CT molecular complexity index is 708. The van der Waals surface area contributed by atoms with Gasteiger partial charge in [0, 0.05) is 26.2 Å². The summed E-state index contributed by atoms with van der Waals surface area (Å²) in [5, 5.41) is 12.5. The summed E-state index contributed by atoms with van der Waals surface area (Å²) in [6.07, 6.45) is -0.0402. The van der Waals surface area contributed by atoms with Gasteiger partial charge in [0.15, 0.2) is 18.1 Å². The number of carbonyl (C=O) groups is 1. The number of benzene rings is 2. The Morgan fingerprint density at radius 2 is 1.96 bits per heavy atom. The molecule has 1 saturated heterocycles.